The van der Waals surface area contributed by atoms with Gasteiger partial charge in [0.05, 0.1) is 27.5 Å². The van der Waals surface area contributed by atoms with Crippen LogP contribution >= 0.6 is 34.3 Å². The standard InChI is InChI=1S/C21H10ClFN4O4S2/c22-18-13-3-1-2-4-15(13)32-19(18)20(28)26(24-10-12-6-8-17(31-12)27(29)30)21-25-14-7-5-11(23)9-16(14)33-21/h1-10H/b24-10+. The fraction of sp³-hybridized carbons (Fsp3) is 0. The molecule has 2 aromatic carbocycles. The Bertz CT molecular complexity index is 1580. The molecular weight excluding hydrogens is 491 g/mol. The average Bonchev–Trinajstić information content (AvgIpc) is 3.51. The van der Waals surface area contributed by atoms with Gasteiger partial charge in [0.15, 0.2) is 5.76 Å². The van der Waals surface area contributed by atoms with Crippen LogP contribution in [0.5, 0.6) is 0 Å². The van der Waals surface area contributed by atoms with E-state index < -0.39 is 22.5 Å². The molecule has 0 atom stereocenters. The minimum atomic E-state index is -0.681. The molecule has 0 spiro atoms. The van der Waals surface area contributed by atoms with Gasteiger partial charge >= 0.3 is 5.88 Å². The van der Waals surface area contributed by atoms with Gasteiger partial charge in [0.25, 0.3) is 5.91 Å². The van der Waals surface area contributed by atoms with Crippen molar-refractivity contribution in [2.45, 2.75) is 0 Å². The lowest BCUT2D eigenvalue weighted by Crippen LogP contribution is -2.25. The predicted molar refractivity (Wildman–Crippen MR) is 126 cm³/mol. The second kappa shape index (κ2) is 8.35. The zero-order chi connectivity index (χ0) is 23.1. The van der Waals surface area contributed by atoms with E-state index in [1.807, 2.05) is 18.2 Å². The summed E-state index contributed by atoms with van der Waals surface area (Å²) >= 11 is 8.75. The molecule has 0 aliphatic carbocycles. The van der Waals surface area contributed by atoms with Crippen molar-refractivity contribution in [2.75, 3.05) is 5.01 Å². The Morgan fingerprint density at radius 3 is 2.76 bits per heavy atom. The highest BCUT2D eigenvalue weighted by Crippen LogP contribution is 2.38. The maximum absolute atomic E-state index is 13.7. The molecule has 0 radical (unpaired) electrons. The Morgan fingerprint density at radius 1 is 1.18 bits per heavy atom. The van der Waals surface area contributed by atoms with Gasteiger partial charge in [-0.2, -0.15) is 10.1 Å². The van der Waals surface area contributed by atoms with Crippen molar-refractivity contribution in [3.05, 3.63) is 86.2 Å². The molecule has 0 fully saturated rings. The van der Waals surface area contributed by atoms with Crippen LogP contribution in [0.4, 0.5) is 15.4 Å². The SMILES string of the molecule is O=C(c1sc2ccccc2c1Cl)N(/N=C/c1ccc([N+](=O)[O-])o1)c1nc2ccc(F)cc2s1. The van der Waals surface area contributed by atoms with Crippen LogP contribution in [-0.4, -0.2) is 22.0 Å². The molecule has 0 saturated carbocycles. The molecule has 3 aromatic heterocycles. The maximum Gasteiger partial charge on any atom is 0.433 e. The maximum atomic E-state index is 13.7. The van der Waals surface area contributed by atoms with Gasteiger partial charge in [-0.1, -0.05) is 41.1 Å². The second-order valence-corrected chi connectivity index (χ2v) is 9.08. The summed E-state index contributed by atoms with van der Waals surface area (Å²) in [5.74, 6) is -1.39. The number of furan rings is 1. The van der Waals surface area contributed by atoms with Crippen molar-refractivity contribution < 1.29 is 18.5 Å². The lowest BCUT2D eigenvalue weighted by atomic mass is 10.2. The highest BCUT2D eigenvalue weighted by atomic mass is 35.5. The highest BCUT2D eigenvalue weighted by molar-refractivity contribution is 7.23. The number of anilines is 1. The van der Waals surface area contributed by atoms with E-state index in [2.05, 4.69) is 10.1 Å². The number of fused-ring (bicyclic) bond motifs is 2. The van der Waals surface area contributed by atoms with E-state index in [4.69, 9.17) is 16.0 Å². The van der Waals surface area contributed by atoms with Gasteiger partial charge in [0.2, 0.25) is 5.13 Å². The fourth-order valence-corrected chi connectivity index (χ4v) is 5.42. The molecule has 1 amide bonds. The fourth-order valence-electron chi connectivity index (χ4n) is 3.04. The third kappa shape index (κ3) is 3.97. The number of thiophene rings is 1. The summed E-state index contributed by atoms with van der Waals surface area (Å²) in [6.45, 7) is 0. The molecule has 0 aliphatic heterocycles. The Morgan fingerprint density at radius 2 is 2.00 bits per heavy atom. The lowest BCUT2D eigenvalue weighted by Gasteiger charge is -2.12. The number of hydrogen-bond donors (Lipinski definition) is 0. The van der Waals surface area contributed by atoms with Gasteiger partial charge in [0, 0.05) is 10.1 Å². The van der Waals surface area contributed by atoms with Gasteiger partial charge in [-0.05, 0) is 30.3 Å². The Labute approximate surface area is 197 Å². The first-order valence-corrected chi connectivity index (χ1v) is 11.3. The summed E-state index contributed by atoms with van der Waals surface area (Å²) in [6.07, 6.45) is 1.17. The van der Waals surface area contributed by atoms with Crippen LogP contribution in [0.2, 0.25) is 5.02 Å². The van der Waals surface area contributed by atoms with Crippen molar-refractivity contribution in [1.29, 1.82) is 0 Å². The number of nitrogens with zero attached hydrogens (tertiary/aromatic N) is 4. The number of carbonyl (C=O) groups is 1. The van der Waals surface area contributed by atoms with Gasteiger partial charge in [-0.25, -0.2) is 9.37 Å². The van der Waals surface area contributed by atoms with E-state index in [0.29, 0.717) is 10.2 Å². The largest absolute Gasteiger partial charge is 0.433 e. The first kappa shape index (κ1) is 21.2. The van der Waals surface area contributed by atoms with E-state index in [9.17, 15) is 19.3 Å². The number of benzene rings is 2. The van der Waals surface area contributed by atoms with E-state index >= 15 is 0 Å². The third-order valence-electron chi connectivity index (χ3n) is 4.53. The van der Waals surface area contributed by atoms with Crippen molar-refractivity contribution in [1.82, 2.24) is 4.98 Å². The quantitative estimate of drug-likeness (QED) is 0.156. The molecule has 164 valence electrons. The molecule has 0 saturated heterocycles. The Hall–Kier alpha value is -3.67. The predicted octanol–water partition coefficient (Wildman–Crippen LogP) is 6.49. The average molecular weight is 501 g/mol. The van der Waals surface area contributed by atoms with Gasteiger partial charge in [0.1, 0.15) is 15.6 Å². The number of halogens is 2. The Kier molecular flexibility index (Phi) is 5.36. The number of hydrazone groups is 1. The van der Waals surface area contributed by atoms with E-state index in [0.717, 1.165) is 26.4 Å². The topological polar surface area (TPSA) is 102 Å². The number of nitro groups is 1. The Balaban J connectivity index is 1.60. The molecule has 33 heavy (non-hydrogen) atoms. The first-order valence-electron chi connectivity index (χ1n) is 9.26. The van der Waals surface area contributed by atoms with Crippen molar-refractivity contribution >= 4 is 77.7 Å². The molecule has 0 N–H and O–H groups in total. The van der Waals surface area contributed by atoms with Crippen molar-refractivity contribution in [2.24, 2.45) is 5.10 Å². The van der Waals surface area contributed by atoms with Gasteiger partial charge in [-0.15, -0.1) is 11.3 Å². The number of aromatic nitrogens is 1. The summed E-state index contributed by atoms with van der Waals surface area (Å²) in [5, 5.41) is 17.3. The molecule has 0 unspecified atom stereocenters. The number of carbonyl (C=O) groups excluding carboxylic acids is 1. The smallest absolute Gasteiger partial charge is 0.400 e. The van der Waals surface area contributed by atoms with Crippen LogP contribution in [-0.2, 0) is 0 Å². The summed E-state index contributed by atoms with van der Waals surface area (Å²) < 4.78 is 20.1. The zero-order valence-electron chi connectivity index (χ0n) is 16.3. The van der Waals surface area contributed by atoms with Crippen molar-refractivity contribution in [3.63, 3.8) is 0 Å². The molecule has 0 aliphatic rings. The van der Waals surface area contributed by atoms with E-state index in [1.165, 1.54) is 47.9 Å². The molecule has 12 heteroatoms. The molecule has 0 bridgehead atoms. The van der Waals surface area contributed by atoms with Crippen LogP contribution in [0, 0.1) is 15.9 Å². The van der Waals surface area contributed by atoms with Gasteiger partial charge in [-0.3, -0.25) is 14.9 Å². The van der Waals surface area contributed by atoms with Crippen LogP contribution < -0.4 is 5.01 Å². The minimum Gasteiger partial charge on any atom is -0.400 e. The monoisotopic (exact) mass is 500 g/mol. The molecule has 3 heterocycles. The van der Waals surface area contributed by atoms with Crippen LogP contribution in [0.25, 0.3) is 20.3 Å². The number of rotatable bonds is 5. The summed E-state index contributed by atoms with van der Waals surface area (Å²) in [7, 11) is 0. The number of hydrogen-bond acceptors (Lipinski definition) is 8. The van der Waals surface area contributed by atoms with Crippen LogP contribution in [0.3, 0.4) is 0 Å². The van der Waals surface area contributed by atoms with E-state index in [-0.39, 0.29) is 20.8 Å². The number of thiazole rings is 1. The lowest BCUT2D eigenvalue weighted by molar-refractivity contribution is -0.402. The molecule has 5 aromatic rings. The summed E-state index contributed by atoms with van der Waals surface area (Å²) in [6, 6.07) is 13.9. The van der Waals surface area contributed by atoms with Crippen LogP contribution in [0.15, 0.2) is 64.1 Å². The molecule has 5 rings (SSSR count). The van der Waals surface area contributed by atoms with E-state index in [1.54, 1.807) is 6.07 Å². The van der Waals surface area contributed by atoms with Crippen LogP contribution in [0.1, 0.15) is 15.4 Å². The normalized spacial score (nSPS) is 11.6. The number of amides is 1. The minimum absolute atomic E-state index is 0.0640. The molecule has 8 nitrogen and oxygen atoms in total. The second-order valence-electron chi connectivity index (χ2n) is 6.64. The van der Waals surface area contributed by atoms with Gasteiger partial charge < -0.3 is 4.42 Å². The third-order valence-corrected chi connectivity index (χ3v) is 7.19. The highest BCUT2D eigenvalue weighted by Gasteiger charge is 2.26. The summed E-state index contributed by atoms with van der Waals surface area (Å²) in [4.78, 5) is 28.3. The first-order chi connectivity index (χ1) is 15.9. The molecular formula is C21H10ClFN4O4S2. The van der Waals surface area contributed by atoms with Crippen molar-refractivity contribution in [3.8, 4) is 0 Å². The summed E-state index contributed by atoms with van der Waals surface area (Å²) in [5.41, 5.74) is 0.487. The zero-order valence-corrected chi connectivity index (χ0v) is 18.7.